The van der Waals surface area contributed by atoms with Crippen LogP contribution in [0.1, 0.15) is 43.3 Å². The van der Waals surface area contributed by atoms with E-state index in [1.54, 1.807) is 0 Å². The number of hydrogen-bond acceptors (Lipinski definition) is 2. The average Bonchev–Trinajstić information content (AvgIpc) is 2.71. The highest BCUT2D eigenvalue weighted by Gasteiger charge is 2.11. The van der Waals surface area contributed by atoms with Gasteiger partial charge < -0.3 is 9.88 Å². The van der Waals surface area contributed by atoms with Crippen molar-refractivity contribution in [3.05, 3.63) is 53.1 Å². The van der Waals surface area contributed by atoms with E-state index in [1.165, 1.54) is 16.7 Å². The molecule has 1 aromatic carbocycles. The van der Waals surface area contributed by atoms with Gasteiger partial charge in [0.15, 0.2) is 0 Å². The largest absolute Gasteiger partial charge is 0.329 e. The first kappa shape index (κ1) is 14.8. The lowest BCUT2D eigenvalue weighted by Crippen LogP contribution is -2.36. The summed E-state index contributed by atoms with van der Waals surface area (Å²) in [5.41, 5.74) is 4.07. The monoisotopic (exact) mass is 271 g/mol. The third kappa shape index (κ3) is 4.20. The maximum absolute atomic E-state index is 4.46. The van der Waals surface area contributed by atoms with E-state index < -0.39 is 0 Å². The van der Waals surface area contributed by atoms with E-state index >= 15 is 0 Å². The van der Waals surface area contributed by atoms with Gasteiger partial charge in [-0.15, -0.1) is 0 Å². The van der Waals surface area contributed by atoms with Gasteiger partial charge in [0.2, 0.25) is 0 Å². The van der Waals surface area contributed by atoms with Crippen molar-refractivity contribution in [2.45, 2.75) is 53.2 Å². The van der Waals surface area contributed by atoms with Crippen LogP contribution >= 0.6 is 0 Å². The lowest BCUT2D eigenvalue weighted by molar-refractivity contribution is 0.413. The second-order valence-corrected chi connectivity index (χ2v) is 6.57. The molecule has 0 saturated carbocycles. The molecule has 0 amide bonds. The third-order valence-corrected chi connectivity index (χ3v) is 3.21. The first-order valence-electron chi connectivity index (χ1n) is 7.16. The topological polar surface area (TPSA) is 29.9 Å². The molecule has 2 rings (SSSR count). The van der Waals surface area contributed by atoms with Crippen molar-refractivity contribution in [3.63, 3.8) is 0 Å². The van der Waals surface area contributed by atoms with Crippen molar-refractivity contribution >= 4 is 0 Å². The highest BCUT2D eigenvalue weighted by atomic mass is 15.1. The lowest BCUT2D eigenvalue weighted by Gasteiger charge is -2.20. The molecule has 108 valence electrons. The van der Waals surface area contributed by atoms with E-state index in [2.05, 4.69) is 73.9 Å². The van der Waals surface area contributed by atoms with E-state index in [0.717, 1.165) is 18.9 Å². The molecule has 0 aliphatic heterocycles. The number of nitrogens with zero attached hydrogens (tertiary/aromatic N) is 2. The summed E-state index contributed by atoms with van der Waals surface area (Å²) in [6, 6.07) is 6.70. The molecule has 1 heterocycles. The molecule has 0 spiro atoms. The molecule has 0 bridgehead atoms. The van der Waals surface area contributed by atoms with Crippen molar-refractivity contribution in [3.8, 4) is 0 Å². The normalized spacial score (nSPS) is 11.8. The first-order valence-corrected chi connectivity index (χ1v) is 7.16. The molecular formula is C17H25N3. The number of imidazole rings is 1. The Morgan fingerprint density at radius 2 is 1.75 bits per heavy atom. The number of rotatable bonds is 4. The van der Waals surface area contributed by atoms with Crippen LogP contribution in [-0.2, 0) is 13.1 Å². The zero-order chi connectivity index (χ0) is 14.8. The van der Waals surface area contributed by atoms with Gasteiger partial charge in [0.25, 0.3) is 0 Å². The molecule has 0 aliphatic carbocycles. The van der Waals surface area contributed by atoms with Gasteiger partial charge in [0.1, 0.15) is 5.82 Å². The molecular weight excluding hydrogens is 246 g/mol. The molecule has 1 aromatic heterocycles. The molecule has 0 atom stereocenters. The van der Waals surface area contributed by atoms with Crippen LogP contribution in [0, 0.1) is 13.8 Å². The SMILES string of the molecule is Cc1cc(C)cc(Cn2ccnc2CNC(C)(C)C)c1. The fourth-order valence-corrected chi connectivity index (χ4v) is 2.35. The zero-order valence-electron chi connectivity index (χ0n) is 13.2. The van der Waals surface area contributed by atoms with Crippen LogP contribution in [0.15, 0.2) is 30.6 Å². The highest BCUT2D eigenvalue weighted by Crippen LogP contribution is 2.12. The first-order chi connectivity index (χ1) is 9.33. The Balaban J connectivity index is 2.12. The number of hydrogen-bond donors (Lipinski definition) is 1. The van der Waals surface area contributed by atoms with Crippen molar-refractivity contribution in [1.82, 2.24) is 14.9 Å². The van der Waals surface area contributed by atoms with E-state index in [9.17, 15) is 0 Å². The van der Waals surface area contributed by atoms with Gasteiger partial charge in [0.05, 0.1) is 6.54 Å². The molecule has 3 heteroatoms. The summed E-state index contributed by atoms with van der Waals surface area (Å²) >= 11 is 0. The maximum atomic E-state index is 4.46. The van der Waals surface area contributed by atoms with E-state index in [0.29, 0.717) is 0 Å². The van der Waals surface area contributed by atoms with Gasteiger partial charge in [-0.1, -0.05) is 29.3 Å². The fraction of sp³-hybridized carbons (Fsp3) is 0.471. The Morgan fingerprint density at radius 1 is 1.10 bits per heavy atom. The van der Waals surface area contributed by atoms with E-state index in [-0.39, 0.29) is 5.54 Å². The van der Waals surface area contributed by atoms with Crippen molar-refractivity contribution in [2.24, 2.45) is 0 Å². The zero-order valence-corrected chi connectivity index (χ0v) is 13.2. The summed E-state index contributed by atoms with van der Waals surface area (Å²) in [6.45, 7) is 12.5. The van der Waals surface area contributed by atoms with Gasteiger partial charge in [-0.05, 0) is 40.2 Å². The van der Waals surface area contributed by atoms with Gasteiger partial charge in [-0.3, -0.25) is 0 Å². The lowest BCUT2D eigenvalue weighted by atomic mass is 10.1. The van der Waals surface area contributed by atoms with Gasteiger partial charge in [-0.25, -0.2) is 4.98 Å². The van der Waals surface area contributed by atoms with Crippen molar-refractivity contribution < 1.29 is 0 Å². The Kier molecular flexibility index (Phi) is 4.29. The van der Waals surface area contributed by atoms with E-state index in [4.69, 9.17) is 0 Å². The fourth-order valence-electron chi connectivity index (χ4n) is 2.35. The van der Waals surface area contributed by atoms with Crippen LogP contribution in [-0.4, -0.2) is 15.1 Å². The maximum Gasteiger partial charge on any atom is 0.122 e. The number of aryl methyl sites for hydroxylation is 2. The van der Waals surface area contributed by atoms with Crippen molar-refractivity contribution in [2.75, 3.05) is 0 Å². The molecule has 0 radical (unpaired) electrons. The van der Waals surface area contributed by atoms with Crippen molar-refractivity contribution in [1.29, 1.82) is 0 Å². The van der Waals surface area contributed by atoms with Crippen LogP contribution in [0.3, 0.4) is 0 Å². The quantitative estimate of drug-likeness (QED) is 0.923. The molecule has 2 aromatic rings. The molecule has 20 heavy (non-hydrogen) atoms. The third-order valence-electron chi connectivity index (χ3n) is 3.21. The number of benzene rings is 1. The standard InChI is InChI=1S/C17H25N3/c1-13-8-14(2)10-15(9-13)12-20-7-6-18-16(20)11-19-17(3,4)5/h6-10,19H,11-12H2,1-5H3. The summed E-state index contributed by atoms with van der Waals surface area (Å²) in [7, 11) is 0. The smallest absolute Gasteiger partial charge is 0.122 e. The summed E-state index contributed by atoms with van der Waals surface area (Å²) in [6.07, 6.45) is 3.93. The van der Waals surface area contributed by atoms with E-state index in [1.807, 2.05) is 6.20 Å². The Morgan fingerprint density at radius 3 is 2.35 bits per heavy atom. The summed E-state index contributed by atoms with van der Waals surface area (Å²) in [4.78, 5) is 4.46. The predicted molar refractivity (Wildman–Crippen MR) is 83.8 cm³/mol. The Labute approximate surface area is 122 Å². The van der Waals surface area contributed by atoms with Gasteiger partial charge in [-0.2, -0.15) is 0 Å². The Hall–Kier alpha value is -1.61. The average molecular weight is 271 g/mol. The van der Waals surface area contributed by atoms with Crippen LogP contribution in [0.5, 0.6) is 0 Å². The minimum Gasteiger partial charge on any atom is -0.329 e. The second-order valence-electron chi connectivity index (χ2n) is 6.57. The van der Waals surface area contributed by atoms with Gasteiger partial charge in [0, 0.05) is 24.5 Å². The predicted octanol–water partition coefficient (Wildman–Crippen LogP) is 3.44. The molecule has 0 aliphatic rings. The number of nitrogens with one attached hydrogen (secondary N) is 1. The summed E-state index contributed by atoms with van der Waals surface area (Å²) in [5, 5.41) is 3.49. The highest BCUT2D eigenvalue weighted by molar-refractivity contribution is 5.28. The van der Waals surface area contributed by atoms with Crippen LogP contribution in [0.25, 0.3) is 0 Å². The Bertz CT molecular complexity index is 556. The van der Waals surface area contributed by atoms with Crippen LogP contribution < -0.4 is 5.32 Å². The van der Waals surface area contributed by atoms with Crippen LogP contribution in [0.2, 0.25) is 0 Å². The minimum absolute atomic E-state index is 0.108. The molecule has 0 saturated heterocycles. The molecule has 0 unspecified atom stereocenters. The molecule has 1 N–H and O–H groups in total. The summed E-state index contributed by atoms with van der Waals surface area (Å²) in [5.74, 6) is 1.08. The van der Waals surface area contributed by atoms with Gasteiger partial charge >= 0.3 is 0 Å². The molecule has 3 nitrogen and oxygen atoms in total. The summed E-state index contributed by atoms with van der Waals surface area (Å²) < 4.78 is 2.22. The molecule has 0 fully saturated rings. The number of aromatic nitrogens is 2. The second kappa shape index (κ2) is 5.80. The minimum atomic E-state index is 0.108. The van der Waals surface area contributed by atoms with Crippen LogP contribution in [0.4, 0.5) is 0 Å².